The van der Waals surface area contributed by atoms with E-state index in [-0.39, 0.29) is 18.0 Å². The first kappa shape index (κ1) is 17.5. The van der Waals surface area contributed by atoms with Crippen molar-refractivity contribution in [2.45, 2.75) is 13.3 Å². The van der Waals surface area contributed by atoms with E-state index in [0.29, 0.717) is 21.9 Å². The highest BCUT2D eigenvalue weighted by Gasteiger charge is 2.09. The van der Waals surface area contributed by atoms with Crippen molar-refractivity contribution in [3.63, 3.8) is 0 Å². The number of halogens is 3. The first-order valence-electron chi connectivity index (χ1n) is 6.53. The predicted molar refractivity (Wildman–Crippen MR) is 87.7 cm³/mol. The second kappa shape index (κ2) is 8.11. The molecular formula is C14H12BrF2N3O2S. The molecule has 0 radical (unpaired) electrons. The molecule has 1 aromatic heterocycles. The van der Waals surface area contributed by atoms with E-state index in [2.05, 4.69) is 31.4 Å². The van der Waals surface area contributed by atoms with Crippen LogP contribution in [0.15, 0.2) is 27.1 Å². The Morgan fingerprint density at radius 1 is 1.48 bits per heavy atom. The van der Waals surface area contributed by atoms with Gasteiger partial charge in [0.25, 0.3) is 0 Å². The third-order valence-corrected chi connectivity index (χ3v) is 3.83. The molecule has 9 heteroatoms. The van der Waals surface area contributed by atoms with Gasteiger partial charge in [-0.3, -0.25) is 10.2 Å². The molecule has 23 heavy (non-hydrogen) atoms. The van der Waals surface area contributed by atoms with Crippen molar-refractivity contribution in [2.75, 3.05) is 12.0 Å². The maximum atomic E-state index is 13.6. The van der Waals surface area contributed by atoms with Crippen LogP contribution in [-0.4, -0.2) is 23.8 Å². The zero-order valence-corrected chi connectivity index (χ0v) is 14.4. The van der Waals surface area contributed by atoms with Gasteiger partial charge in [0.05, 0.1) is 30.5 Å². The first-order valence-corrected chi connectivity index (χ1v) is 8.20. The molecule has 0 aliphatic heterocycles. The smallest absolute Gasteiger partial charge is 0.311 e. The Balaban J connectivity index is 1.99. The highest BCUT2D eigenvalue weighted by atomic mass is 79.9. The number of aromatic nitrogens is 1. The van der Waals surface area contributed by atoms with Crippen LogP contribution in [0, 0.1) is 11.6 Å². The van der Waals surface area contributed by atoms with E-state index in [1.165, 1.54) is 11.3 Å². The van der Waals surface area contributed by atoms with Crippen LogP contribution in [0.3, 0.4) is 0 Å². The highest BCUT2D eigenvalue weighted by Crippen LogP contribution is 2.19. The van der Waals surface area contributed by atoms with Crippen LogP contribution >= 0.6 is 27.3 Å². The molecule has 1 aromatic carbocycles. The molecule has 0 fully saturated rings. The summed E-state index contributed by atoms with van der Waals surface area (Å²) >= 11 is 4.22. The minimum absolute atomic E-state index is 0.0612. The van der Waals surface area contributed by atoms with Crippen molar-refractivity contribution in [1.29, 1.82) is 0 Å². The molecule has 5 nitrogen and oxygen atoms in total. The predicted octanol–water partition coefficient (Wildman–Crippen LogP) is 3.74. The van der Waals surface area contributed by atoms with Gasteiger partial charge in [-0.1, -0.05) is 15.9 Å². The SMILES string of the molecule is CCOC(=O)Cc1csc(NN=Cc2c(F)cc(Br)cc2F)n1. The topological polar surface area (TPSA) is 63.6 Å². The Hall–Kier alpha value is -1.87. The number of hydrogen-bond acceptors (Lipinski definition) is 6. The maximum Gasteiger partial charge on any atom is 0.311 e. The summed E-state index contributed by atoms with van der Waals surface area (Å²) in [5.74, 6) is -1.83. The molecule has 1 heterocycles. The summed E-state index contributed by atoms with van der Waals surface area (Å²) in [6.45, 7) is 2.03. The molecule has 0 aliphatic rings. The summed E-state index contributed by atoms with van der Waals surface area (Å²) in [6, 6.07) is 2.29. The molecule has 0 saturated carbocycles. The summed E-state index contributed by atoms with van der Waals surface area (Å²) < 4.78 is 32.3. The number of esters is 1. The quantitative estimate of drug-likeness (QED) is 0.453. The summed E-state index contributed by atoms with van der Waals surface area (Å²) in [5, 5.41) is 5.83. The fraction of sp³-hybridized carbons (Fsp3) is 0.214. The van der Waals surface area contributed by atoms with Crippen molar-refractivity contribution < 1.29 is 18.3 Å². The third kappa shape index (κ3) is 5.07. The zero-order valence-electron chi connectivity index (χ0n) is 12.0. The lowest BCUT2D eigenvalue weighted by Gasteiger charge is -2.00. The van der Waals surface area contributed by atoms with Crippen LogP contribution < -0.4 is 5.43 Å². The molecule has 0 saturated heterocycles. The van der Waals surface area contributed by atoms with Crippen LogP contribution in [-0.2, 0) is 16.0 Å². The average molecular weight is 404 g/mol. The van der Waals surface area contributed by atoms with Crippen LogP contribution in [0.25, 0.3) is 0 Å². The minimum Gasteiger partial charge on any atom is -0.466 e. The van der Waals surface area contributed by atoms with E-state index in [9.17, 15) is 13.6 Å². The number of hydrazone groups is 1. The minimum atomic E-state index is -0.732. The van der Waals surface area contributed by atoms with Gasteiger partial charge in [-0.2, -0.15) is 5.10 Å². The Morgan fingerprint density at radius 3 is 2.83 bits per heavy atom. The molecule has 0 aliphatic carbocycles. The molecule has 122 valence electrons. The van der Waals surface area contributed by atoms with Gasteiger partial charge < -0.3 is 4.74 Å². The van der Waals surface area contributed by atoms with Gasteiger partial charge in [0.2, 0.25) is 5.13 Å². The van der Waals surface area contributed by atoms with Gasteiger partial charge in [0.15, 0.2) is 0 Å². The summed E-state index contributed by atoms with van der Waals surface area (Å²) in [4.78, 5) is 15.4. The van der Waals surface area contributed by atoms with Gasteiger partial charge >= 0.3 is 5.97 Å². The normalized spacial score (nSPS) is 11.0. The van der Waals surface area contributed by atoms with Gasteiger partial charge in [-0.25, -0.2) is 13.8 Å². The Labute approximate surface area is 143 Å². The average Bonchev–Trinajstić information content (AvgIpc) is 2.89. The number of carbonyl (C=O) groups excluding carboxylic acids is 1. The van der Waals surface area contributed by atoms with E-state index < -0.39 is 11.6 Å². The number of carbonyl (C=O) groups is 1. The second-order valence-electron chi connectivity index (χ2n) is 4.28. The summed E-state index contributed by atoms with van der Waals surface area (Å²) in [5.41, 5.74) is 2.84. The molecule has 0 spiro atoms. The lowest BCUT2D eigenvalue weighted by atomic mass is 10.2. The second-order valence-corrected chi connectivity index (χ2v) is 6.05. The fourth-order valence-corrected chi connectivity index (χ4v) is 2.69. The number of thiazole rings is 1. The van der Waals surface area contributed by atoms with Crippen molar-refractivity contribution in [3.05, 3.63) is 44.9 Å². The number of ether oxygens (including phenoxy) is 1. The standard InChI is InChI=1S/C14H12BrF2N3O2S/c1-2-22-13(21)5-9-7-23-14(19-9)20-18-6-10-11(16)3-8(15)4-12(10)17/h3-4,6-7H,2,5H2,1H3,(H,19,20). The maximum absolute atomic E-state index is 13.6. The van der Waals surface area contributed by atoms with Crippen molar-refractivity contribution in [2.24, 2.45) is 5.10 Å². The Bertz CT molecular complexity index is 714. The van der Waals surface area contributed by atoms with Crippen LogP contribution in [0.4, 0.5) is 13.9 Å². The molecule has 0 bridgehead atoms. The van der Waals surface area contributed by atoms with Crippen molar-refractivity contribution in [3.8, 4) is 0 Å². The van der Waals surface area contributed by atoms with E-state index in [0.717, 1.165) is 18.3 Å². The van der Waals surface area contributed by atoms with Gasteiger partial charge in [-0.05, 0) is 19.1 Å². The first-order chi connectivity index (χ1) is 11.0. The zero-order chi connectivity index (χ0) is 16.8. The number of benzene rings is 1. The number of nitrogens with one attached hydrogen (secondary N) is 1. The van der Waals surface area contributed by atoms with Gasteiger partial charge in [0.1, 0.15) is 11.6 Å². The molecule has 0 unspecified atom stereocenters. The number of hydrogen-bond donors (Lipinski definition) is 1. The molecule has 1 N–H and O–H groups in total. The third-order valence-electron chi connectivity index (χ3n) is 2.58. The lowest BCUT2D eigenvalue weighted by Crippen LogP contribution is -2.07. The molecule has 2 aromatic rings. The summed E-state index contributed by atoms with van der Waals surface area (Å²) in [6.07, 6.45) is 1.09. The van der Waals surface area contributed by atoms with E-state index in [1.807, 2.05) is 0 Å². The number of anilines is 1. The lowest BCUT2D eigenvalue weighted by molar-refractivity contribution is -0.142. The van der Waals surface area contributed by atoms with Crippen molar-refractivity contribution in [1.82, 2.24) is 4.98 Å². The fourth-order valence-electron chi connectivity index (χ4n) is 1.63. The summed E-state index contributed by atoms with van der Waals surface area (Å²) in [7, 11) is 0. The highest BCUT2D eigenvalue weighted by molar-refractivity contribution is 9.10. The monoisotopic (exact) mass is 403 g/mol. The van der Waals surface area contributed by atoms with E-state index >= 15 is 0 Å². The molecule has 2 rings (SSSR count). The van der Waals surface area contributed by atoms with Crippen LogP contribution in [0.2, 0.25) is 0 Å². The Morgan fingerprint density at radius 2 is 2.17 bits per heavy atom. The van der Waals surface area contributed by atoms with Gasteiger partial charge in [0, 0.05) is 9.85 Å². The molecular weight excluding hydrogens is 392 g/mol. The van der Waals surface area contributed by atoms with Gasteiger partial charge in [-0.15, -0.1) is 11.3 Å². The largest absolute Gasteiger partial charge is 0.466 e. The number of rotatable bonds is 6. The van der Waals surface area contributed by atoms with Crippen LogP contribution in [0.5, 0.6) is 0 Å². The van der Waals surface area contributed by atoms with E-state index in [1.54, 1.807) is 12.3 Å². The number of nitrogens with zero attached hydrogens (tertiary/aromatic N) is 2. The van der Waals surface area contributed by atoms with E-state index in [4.69, 9.17) is 4.74 Å². The molecule has 0 amide bonds. The van der Waals surface area contributed by atoms with Crippen LogP contribution in [0.1, 0.15) is 18.2 Å². The molecule has 0 atom stereocenters. The Kier molecular flexibility index (Phi) is 6.17. The van der Waals surface area contributed by atoms with Crippen molar-refractivity contribution >= 4 is 44.6 Å².